The average molecular weight is 296 g/mol. The number of hydrogen-bond donors (Lipinski definition) is 1. The molecule has 1 aromatic heterocycles. The van der Waals surface area contributed by atoms with Crippen LogP contribution in [0.5, 0.6) is 0 Å². The van der Waals surface area contributed by atoms with Gasteiger partial charge in [-0.3, -0.25) is 4.68 Å². The Bertz CT molecular complexity index is 522. The van der Waals surface area contributed by atoms with Gasteiger partial charge in [0.25, 0.3) is 0 Å². The Labute approximate surface area is 108 Å². The van der Waals surface area contributed by atoms with Gasteiger partial charge in [0.1, 0.15) is 12.2 Å². The van der Waals surface area contributed by atoms with E-state index in [2.05, 4.69) is 26.0 Å². The van der Waals surface area contributed by atoms with E-state index >= 15 is 0 Å². The maximum absolute atomic E-state index is 10.5. The lowest BCUT2D eigenvalue weighted by Gasteiger charge is -2.23. The zero-order valence-corrected chi connectivity index (χ0v) is 11.3. The number of hydrogen-bond acceptors (Lipinski definition) is 3. The van der Waals surface area contributed by atoms with Crippen molar-refractivity contribution < 1.29 is 5.11 Å². The Morgan fingerprint density at radius 2 is 2.24 bits per heavy atom. The number of nitrogens with zero attached hydrogens (tertiary/aromatic N) is 3. The molecule has 0 saturated carbocycles. The first-order valence-electron chi connectivity index (χ1n) is 5.30. The van der Waals surface area contributed by atoms with Gasteiger partial charge in [0.05, 0.1) is 5.60 Å². The molecule has 2 aromatic rings. The van der Waals surface area contributed by atoms with Gasteiger partial charge in [0, 0.05) is 17.9 Å². The van der Waals surface area contributed by atoms with Crippen LogP contribution in [0.15, 0.2) is 35.1 Å². The van der Waals surface area contributed by atoms with Gasteiger partial charge in [0.15, 0.2) is 0 Å². The topological polar surface area (TPSA) is 50.9 Å². The Kier molecular flexibility index (Phi) is 3.31. The first kappa shape index (κ1) is 12.3. The molecular weight excluding hydrogens is 282 g/mol. The van der Waals surface area contributed by atoms with Crippen molar-refractivity contribution in [1.29, 1.82) is 0 Å². The summed E-state index contributed by atoms with van der Waals surface area (Å²) in [5.41, 5.74) is -0.0974. The van der Waals surface area contributed by atoms with E-state index < -0.39 is 5.60 Å². The molecule has 0 fully saturated rings. The van der Waals surface area contributed by atoms with Crippen molar-refractivity contribution in [3.05, 3.63) is 46.5 Å². The second-order valence-electron chi connectivity index (χ2n) is 4.26. The number of aromatic nitrogens is 3. The second kappa shape index (κ2) is 4.58. The molecule has 1 heterocycles. The van der Waals surface area contributed by atoms with Crippen molar-refractivity contribution in [1.82, 2.24) is 14.8 Å². The van der Waals surface area contributed by atoms with Gasteiger partial charge in [-0.1, -0.05) is 28.1 Å². The first-order chi connectivity index (χ1) is 7.99. The molecule has 4 nitrogen and oxygen atoms in total. The van der Waals surface area contributed by atoms with Gasteiger partial charge in [-0.25, -0.2) is 4.98 Å². The van der Waals surface area contributed by atoms with Crippen molar-refractivity contribution >= 4 is 15.9 Å². The molecule has 0 aliphatic rings. The maximum atomic E-state index is 10.5. The Hall–Kier alpha value is -1.20. The largest absolute Gasteiger partial charge is 0.385 e. The van der Waals surface area contributed by atoms with Crippen LogP contribution < -0.4 is 0 Å². The Morgan fingerprint density at radius 1 is 1.47 bits per heavy atom. The van der Waals surface area contributed by atoms with E-state index in [9.17, 15) is 5.11 Å². The van der Waals surface area contributed by atoms with Crippen molar-refractivity contribution in [3.8, 4) is 0 Å². The fourth-order valence-corrected chi connectivity index (χ4v) is 2.11. The van der Waals surface area contributed by atoms with Crippen molar-refractivity contribution in [2.75, 3.05) is 0 Å². The minimum Gasteiger partial charge on any atom is -0.385 e. The summed E-state index contributed by atoms with van der Waals surface area (Å²) in [5, 5.41) is 14.5. The predicted octanol–water partition coefficient (Wildman–Crippen LogP) is 2.03. The van der Waals surface area contributed by atoms with Crippen LogP contribution in [-0.4, -0.2) is 19.9 Å². The lowest BCUT2D eigenvalue weighted by molar-refractivity contribution is 0.0544. The van der Waals surface area contributed by atoms with Crippen LogP contribution in [0.1, 0.15) is 18.3 Å². The van der Waals surface area contributed by atoms with E-state index in [1.807, 2.05) is 31.3 Å². The summed E-state index contributed by atoms with van der Waals surface area (Å²) in [6.07, 6.45) is 1.92. The van der Waals surface area contributed by atoms with Gasteiger partial charge in [0.2, 0.25) is 0 Å². The minimum atomic E-state index is -0.954. The smallest absolute Gasteiger partial charge is 0.138 e. The van der Waals surface area contributed by atoms with Gasteiger partial charge in [-0.05, 0) is 24.6 Å². The number of benzene rings is 1. The Morgan fingerprint density at radius 3 is 2.82 bits per heavy atom. The highest BCUT2D eigenvalue weighted by molar-refractivity contribution is 9.10. The molecular formula is C12H14BrN3O. The molecule has 1 atom stereocenters. The SMILES string of the molecule is Cn1ncnc1CC(C)(O)c1cccc(Br)c1. The van der Waals surface area contributed by atoms with Gasteiger partial charge in [-0.2, -0.15) is 5.10 Å². The van der Waals surface area contributed by atoms with Crippen LogP contribution in [0.25, 0.3) is 0 Å². The summed E-state index contributed by atoms with van der Waals surface area (Å²) in [6, 6.07) is 7.66. The van der Waals surface area contributed by atoms with E-state index in [0.717, 1.165) is 15.9 Å². The summed E-state index contributed by atoms with van der Waals surface area (Å²) in [5.74, 6) is 0.759. The molecule has 0 aliphatic heterocycles. The van der Waals surface area contributed by atoms with E-state index in [4.69, 9.17) is 0 Å². The molecule has 90 valence electrons. The zero-order chi connectivity index (χ0) is 12.5. The summed E-state index contributed by atoms with van der Waals surface area (Å²) in [6.45, 7) is 1.78. The van der Waals surface area contributed by atoms with Crippen molar-refractivity contribution in [2.45, 2.75) is 18.9 Å². The highest BCUT2D eigenvalue weighted by Crippen LogP contribution is 2.26. The molecule has 0 saturated heterocycles. The minimum absolute atomic E-state index is 0.431. The van der Waals surface area contributed by atoms with Crippen LogP contribution >= 0.6 is 15.9 Å². The second-order valence-corrected chi connectivity index (χ2v) is 5.18. The molecule has 0 amide bonds. The Balaban J connectivity index is 2.27. The first-order valence-corrected chi connectivity index (χ1v) is 6.09. The van der Waals surface area contributed by atoms with Crippen LogP contribution in [0.3, 0.4) is 0 Å². The van der Waals surface area contributed by atoms with E-state index in [0.29, 0.717) is 6.42 Å². The quantitative estimate of drug-likeness (QED) is 0.943. The number of rotatable bonds is 3. The molecule has 17 heavy (non-hydrogen) atoms. The number of aliphatic hydroxyl groups is 1. The van der Waals surface area contributed by atoms with Crippen LogP contribution in [0, 0.1) is 0 Å². The van der Waals surface area contributed by atoms with Crippen molar-refractivity contribution in [3.63, 3.8) is 0 Å². The molecule has 1 N–H and O–H groups in total. The number of halogens is 1. The van der Waals surface area contributed by atoms with Crippen LogP contribution in [0.2, 0.25) is 0 Å². The monoisotopic (exact) mass is 295 g/mol. The third-order valence-electron chi connectivity index (χ3n) is 2.75. The van der Waals surface area contributed by atoms with E-state index in [-0.39, 0.29) is 0 Å². The van der Waals surface area contributed by atoms with Gasteiger partial charge >= 0.3 is 0 Å². The van der Waals surface area contributed by atoms with Crippen molar-refractivity contribution in [2.24, 2.45) is 7.05 Å². The summed E-state index contributed by atoms with van der Waals surface area (Å²) < 4.78 is 2.63. The molecule has 0 spiro atoms. The summed E-state index contributed by atoms with van der Waals surface area (Å²) >= 11 is 3.40. The lowest BCUT2D eigenvalue weighted by atomic mass is 9.92. The molecule has 2 rings (SSSR count). The molecule has 5 heteroatoms. The fourth-order valence-electron chi connectivity index (χ4n) is 1.71. The number of aryl methyl sites for hydroxylation is 1. The molecule has 1 unspecified atom stereocenters. The van der Waals surface area contributed by atoms with Gasteiger partial charge < -0.3 is 5.11 Å². The van der Waals surface area contributed by atoms with E-state index in [1.165, 1.54) is 6.33 Å². The van der Waals surface area contributed by atoms with E-state index in [1.54, 1.807) is 11.6 Å². The normalized spacial score (nSPS) is 14.6. The average Bonchev–Trinajstić information content (AvgIpc) is 2.64. The standard InChI is InChI=1S/C12H14BrN3O/c1-12(17,7-11-14-8-15-16(11)2)9-4-3-5-10(13)6-9/h3-6,8,17H,7H2,1-2H3. The third kappa shape index (κ3) is 2.73. The maximum Gasteiger partial charge on any atom is 0.138 e. The summed E-state index contributed by atoms with van der Waals surface area (Å²) in [7, 11) is 1.82. The molecule has 1 aromatic carbocycles. The lowest BCUT2D eigenvalue weighted by Crippen LogP contribution is -2.26. The zero-order valence-electron chi connectivity index (χ0n) is 9.76. The highest BCUT2D eigenvalue weighted by Gasteiger charge is 2.25. The molecule has 0 bridgehead atoms. The third-order valence-corrected chi connectivity index (χ3v) is 3.25. The predicted molar refractivity (Wildman–Crippen MR) is 68.4 cm³/mol. The van der Waals surface area contributed by atoms with Crippen LogP contribution in [0.4, 0.5) is 0 Å². The summed E-state index contributed by atoms with van der Waals surface area (Å²) in [4.78, 5) is 4.13. The fraction of sp³-hybridized carbons (Fsp3) is 0.333. The highest BCUT2D eigenvalue weighted by atomic mass is 79.9. The molecule has 0 radical (unpaired) electrons. The molecule has 0 aliphatic carbocycles. The van der Waals surface area contributed by atoms with Gasteiger partial charge in [-0.15, -0.1) is 0 Å². The van der Waals surface area contributed by atoms with Crippen LogP contribution in [-0.2, 0) is 19.1 Å².